The zero-order valence-corrected chi connectivity index (χ0v) is 19.9. The van der Waals surface area contributed by atoms with Gasteiger partial charge in [0.1, 0.15) is 22.6 Å². The highest BCUT2D eigenvalue weighted by molar-refractivity contribution is 9.10. The molecule has 0 bridgehead atoms. The van der Waals surface area contributed by atoms with E-state index < -0.39 is 5.60 Å². The topological polar surface area (TPSA) is 79.7 Å². The summed E-state index contributed by atoms with van der Waals surface area (Å²) in [6, 6.07) is 4.19. The van der Waals surface area contributed by atoms with Crippen LogP contribution < -0.4 is 5.32 Å². The lowest BCUT2D eigenvalue weighted by molar-refractivity contribution is 0.0227. The molecule has 5 rings (SSSR count). The summed E-state index contributed by atoms with van der Waals surface area (Å²) < 4.78 is 6.53. The number of carbonyl (C=O) groups is 1. The number of rotatable bonds is 2. The third kappa shape index (κ3) is 3.92. The molecule has 0 aliphatic carbocycles. The number of hydrogen-bond donors (Lipinski definition) is 1. The molecular weight excluding hydrogens is 478 g/mol. The number of amides is 1. The molecule has 7 nitrogen and oxygen atoms in total. The highest BCUT2D eigenvalue weighted by atomic mass is 79.9. The molecule has 2 aliphatic heterocycles. The van der Waals surface area contributed by atoms with E-state index in [1.807, 2.05) is 27.0 Å². The Morgan fingerprint density at radius 3 is 2.94 bits per heavy atom. The number of carbonyl (C=O) groups excluding carboxylic acids is 1. The fourth-order valence-electron chi connectivity index (χ4n) is 3.86. The van der Waals surface area contributed by atoms with Crippen LogP contribution in [-0.2, 0) is 24.2 Å². The second kappa shape index (κ2) is 7.56. The summed E-state index contributed by atoms with van der Waals surface area (Å²) in [5.74, 6) is 0.781. The first-order valence-electron chi connectivity index (χ1n) is 10.1. The summed E-state index contributed by atoms with van der Waals surface area (Å²) in [6.45, 7) is 7.52. The lowest BCUT2D eigenvalue weighted by atomic mass is 10.0. The van der Waals surface area contributed by atoms with Crippen LogP contribution in [-0.4, -0.2) is 39.3 Å². The van der Waals surface area contributed by atoms with E-state index in [1.165, 1.54) is 11.1 Å². The Hall–Kier alpha value is -2.52. The lowest BCUT2D eigenvalue weighted by Crippen LogP contribution is -2.39. The molecule has 0 fully saturated rings. The summed E-state index contributed by atoms with van der Waals surface area (Å²) in [5.41, 5.74) is 3.98. The van der Waals surface area contributed by atoms with E-state index in [2.05, 4.69) is 48.3 Å². The fraction of sp³-hybridized carbons (Fsp3) is 0.364. The molecule has 1 N–H and O–H groups in total. The monoisotopic (exact) mass is 499 g/mol. The Labute approximate surface area is 192 Å². The van der Waals surface area contributed by atoms with Crippen molar-refractivity contribution in [2.75, 3.05) is 11.9 Å². The predicted molar refractivity (Wildman–Crippen MR) is 126 cm³/mol. The van der Waals surface area contributed by atoms with Gasteiger partial charge in [0.25, 0.3) is 0 Å². The summed E-state index contributed by atoms with van der Waals surface area (Å²) in [5, 5.41) is 4.52. The van der Waals surface area contributed by atoms with Gasteiger partial charge in [0.2, 0.25) is 0 Å². The van der Waals surface area contributed by atoms with Crippen molar-refractivity contribution >= 4 is 61.3 Å². The number of hydrogen-bond acceptors (Lipinski definition) is 7. The molecule has 0 radical (unpaired) electrons. The van der Waals surface area contributed by atoms with Gasteiger partial charge in [0.15, 0.2) is 0 Å². The third-order valence-corrected chi connectivity index (χ3v) is 7.04. The van der Waals surface area contributed by atoms with E-state index in [4.69, 9.17) is 4.74 Å². The van der Waals surface area contributed by atoms with Crippen molar-refractivity contribution in [1.29, 1.82) is 0 Å². The van der Waals surface area contributed by atoms with E-state index in [0.717, 1.165) is 49.6 Å². The smallest absolute Gasteiger partial charge is 0.410 e. The lowest BCUT2D eigenvalue weighted by Gasteiger charge is -2.30. The van der Waals surface area contributed by atoms with Crippen LogP contribution in [0, 0.1) is 0 Å². The molecule has 4 heterocycles. The van der Waals surface area contributed by atoms with Crippen molar-refractivity contribution in [3.63, 3.8) is 0 Å². The second-order valence-corrected chi connectivity index (χ2v) is 10.6. The number of ether oxygens (including phenoxy) is 1. The minimum atomic E-state index is -0.506. The van der Waals surface area contributed by atoms with Gasteiger partial charge >= 0.3 is 6.09 Å². The first kappa shape index (κ1) is 20.4. The Bertz CT molecular complexity index is 1230. The third-order valence-electron chi connectivity index (χ3n) is 5.26. The summed E-state index contributed by atoms with van der Waals surface area (Å²) in [6.07, 6.45) is 3.96. The van der Waals surface area contributed by atoms with Crippen LogP contribution in [0.4, 0.5) is 16.3 Å². The molecule has 0 atom stereocenters. The maximum absolute atomic E-state index is 12.5. The molecule has 160 valence electrons. The number of fused-ring (bicyclic) bond motifs is 4. The van der Waals surface area contributed by atoms with Gasteiger partial charge in [-0.05, 0) is 71.9 Å². The van der Waals surface area contributed by atoms with Crippen LogP contribution in [0.3, 0.4) is 0 Å². The van der Waals surface area contributed by atoms with E-state index in [0.29, 0.717) is 13.1 Å². The predicted octanol–water partition coefficient (Wildman–Crippen LogP) is 5.42. The van der Waals surface area contributed by atoms with Gasteiger partial charge in [-0.25, -0.2) is 14.8 Å². The second-order valence-electron chi connectivity index (χ2n) is 8.68. The van der Waals surface area contributed by atoms with E-state index in [1.54, 1.807) is 22.6 Å². The number of benzene rings is 1. The summed E-state index contributed by atoms with van der Waals surface area (Å²) in [7, 11) is 0. The van der Waals surface area contributed by atoms with Crippen LogP contribution in [0.2, 0.25) is 0 Å². The Balaban J connectivity index is 1.47. The Morgan fingerprint density at radius 2 is 2.13 bits per heavy atom. The molecule has 2 aromatic heterocycles. The quantitative estimate of drug-likeness (QED) is 0.508. The van der Waals surface area contributed by atoms with Gasteiger partial charge in [0, 0.05) is 22.1 Å². The number of nitrogens with zero attached hydrogens (tertiary/aromatic N) is 4. The molecule has 0 saturated heterocycles. The van der Waals surface area contributed by atoms with Gasteiger partial charge < -0.3 is 15.0 Å². The standard InChI is InChI=1S/C22H22BrN5O2S/c1-22(2,3)30-21(29)28-5-4-14-17(10-28)31-20-18(14)19(25-11-26-20)27-16-7-13-9-24-8-12(13)6-15(16)23/h6-7,9,11H,4-5,8,10H2,1-3H3,(H,25,26,27). The average molecular weight is 500 g/mol. The minimum absolute atomic E-state index is 0.274. The molecular formula is C22H22BrN5O2S. The number of nitrogens with one attached hydrogen (secondary N) is 1. The van der Waals surface area contributed by atoms with Crippen LogP contribution in [0.15, 0.2) is 27.9 Å². The van der Waals surface area contributed by atoms with Gasteiger partial charge in [0.05, 0.1) is 24.2 Å². The average Bonchev–Trinajstić information content (AvgIpc) is 3.30. The van der Waals surface area contributed by atoms with Crippen LogP contribution in [0.25, 0.3) is 10.2 Å². The minimum Gasteiger partial charge on any atom is -0.444 e. The van der Waals surface area contributed by atoms with Crippen molar-refractivity contribution in [2.45, 2.75) is 45.9 Å². The highest BCUT2D eigenvalue weighted by Gasteiger charge is 2.29. The first-order valence-corrected chi connectivity index (χ1v) is 11.7. The van der Waals surface area contributed by atoms with E-state index >= 15 is 0 Å². The zero-order chi connectivity index (χ0) is 21.8. The number of halogens is 1. The SMILES string of the molecule is CC(C)(C)OC(=O)N1CCc2c(sc3ncnc(Nc4cc5c(cc4Br)CN=C5)c23)C1. The molecule has 0 unspecified atom stereocenters. The first-order chi connectivity index (χ1) is 14.8. The van der Waals surface area contributed by atoms with E-state index in [9.17, 15) is 4.79 Å². The van der Waals surface area contributed by atoms with Crippen molar-refractivity contribution in [1.82, 2.24) is 14.9 Å². The normalized spacial score (nSPS) is 15.2. The van der Waals surface area contributed by atoms with Crippen LogP contribution in [0.5, 0.6) is 0 Å². The highest BCUT2D eigenvalue weighted by Crippen LogP contribution is 2.39. The van der Waals surface area contributed by atoms with Gasteiger partial charge in [-0.15, -0.1) is 11.3 Å². The number of anilines is 2. The Morgan fingerprint density at radius 1 is 1.29 bits per heavy atom. The fourth-order valence-corrected chi connectivity index (χ4v) is 5.55. The number of aliphatic imine (C=N–C) groups is 1. The van der Waals surface area contributed by atoms with Gasteiger partial charge in [-0.1, -0.05) is 0 Å². The van der Waals surface area contributed by atoms with Crippen LogP contribution in [0.1, 0.15) is 42.3 Å². The molecule has 3 aromatic rings. The van der Waals surface area contributed by atoms with Crippen molar-refractivity contribution in [3.05, 3.63) is 44.5 Å². The van der Waals surface area contributed by atoms with Gasteiger partial charge in [-0.2, -0.15) is 0 Å². The summed E-state index contributed by atoms with van der Waals surface area (Å²) >= 11 is 5.28. The van der Waals surface area contributed by atoms with Crippen molar-refractivity contribution in [2.24, 2.45) is 4.99 Å². The number of thiophene rings is 1. The molecule has 9 heteroatoms. The van der Waals surface area contributed by atoms with E-state index in [-0.39, 0.29) is 6.09 Å². The number of aromatic nitrogens is 2. The summed E-state index contributed by atoms with van der Waals surface area (Å²) in [4.78, 5) is 29.7. The van der Waals surface area contributed by atoms with Crippen LogP contribution >= 0.6 is 27.3 Å². The van der Waals surface area contributed by atoms with Crippen molar-refractivity contribution in [3.8, 4) is 0 Å². The largest absolute Gasteiger partial charge is 0.444 e. The zero-order valence-electron chi connectivity index (χ0n) is 17.5. The Kier molecular flexibility index (Phi) is 4.97. The molecule has 31 heavy (non-hydrogen) atoms. The molecule has 0 saturated carbocycles. The molecule has 1 amide bonds. The van der Waals surface area contributed by atoms with Gasteiger partial charge in [-0.3, -0.25) is 4.99 Å². The maximum atomic E-state index is 12.5. The molecule has 2 aliphatic rings. The maximum Gasteiger partial charge on any atom is 0.410 e. The van der Waals surface area contributed by atoms with Crippen molar-refractivity contribution < 1.29 is 9.53 Å². The molecule has 0 spiro atoms. The molecule has 1 aromatic carbocycles.